The van der Waals surface area contributed by atoms with Gasteiger partial charge >= 0.3 is 11.9 Å². The van der Waals surface area contributed by atoms with E-state index in [1.807, 2.05) is 0 Å². The Bertz CT molecular complexity index is 1250. The molecule has 0 aromatic carbocycles. The normalized spacial score (nSPS) is 12.8. The van der Waals surface area contributed by atoms with Gasteiger partial charge in [-0.2, -0.15) is 0 Å². The summed E-state index contributed by atoms with van der Waals surface area (Å²) in [5.41, 5.74) is 0. The van der Waals surface area contributed by atoms with Gasteiger partial charge in [0.25, 0.3) is 0 Å². The number of ether oxygens (including phenoxy) is 3. The number of esters is 2. The maximum atomic E-state index is 12.9. The van der Waals surface area contributed by atoms with Crippen LogP contribution in [0.15, 0.2) is 85.1 Å². The van der Waals surface area contributed by atoms with Crippen molar-refractivity contribution >= 4 is 11.9 Å². The second-order valence-corrected chi connectivity index (χ2v) is 19.2. The highest BCUT2D eigenvalue weighted by Crippen LogP contribution is 2.15. The van der Waals surface area contributed by atoms with E-state index in [1.165, 1.54) is 141 Å². The van der Waals surface area contributed by atoms with Gasteiger partial charge in [0.2, 0.25) is 0 Å². The Kier molecular flexibility index (Phi) is 55.9. The highest BCUT2D eigenvalue weighted by molar-refractivity contribution is 5.70. The molecule has 0 aromatic rings. The number of hydrogen-bond acceptors (Lipinski definition) is 5. The Balaban J connectivity index is 4.38. The molecule has 0 saturated heterocycles. The predicted molar refractivity (Wildman–Crippen MR) is 297 cm³/mol. The minimum absolute atomic E-state index is 0.0596. The van der Waals surface area contributed by atoms with Gasteiger partial charge in [-0.05, 0) is 103 Å². The van der Waals surface area contributed by atoms with Crippen LogP contribution in [-0.2, 0) is 23.8 Å². The molecule has 0 rings (SSSR count). The molecule has 68 heavy (non-hydrogen) atoms. The summed E-state index contributed by atoms with van der Waals surface area (Å²) in [5.74, 6) is -0.451. The fraction of sp³-hybridized carbons (Fsp3) is 0.746. The molecular formula is C63H110O5. The molecule has 0 aliphatic rings. The van der Waals surface area contributed by atoms with Crippen LogP contribution in [-0.4, -0.2) is 37.9 Å². The Morgan fingerprint density at radius 1 is 0.324 bits per heavy atom. The third-order valence-corrected chi connectivity index (χ3v) is 12.4. The average Bonchev–Trinajstić information content (AvgIpc) is 3.34. The zero-order valence-electron chi connectivity index (χ0n) is 45.1. The summed E-state index contributed by atoms with van der Waals surface area (Å²) >= 11 is 0. The molecular weight excluding hydrogens is 837 g/mol. The third kappa shape index (κ3) is 55.7. The van der Waals surface area contributed by atoms with Crippen molar-refractivity contribution in [2.75, 3.05) is 19.8 Å². The van der Waals surface area contributed by atoms with E-state index in [9.17, 15) is 9.59 Å². The van der Waals surface area contributed by atoms with Gasteiger partial charge in [-0.3, -0.25) is 9.59 Å². The second-order valence-electron chi connectivity index (χ2n) is 19.2. The number of rotatable bonds is 53. The van der Waals surface area contributed by atoms with Gasteiger partial charge in [-0.25, -0.2) is 0 Å². The van der Waals surface area contributed by atoms with Crippen molar-refractivity contribution in [3.63, 3.8) is 0 Å². The van der Waals surface area contributed by atoms with Gasteiger partial charge in [0.1, 0.15) is 6.61 Å². The molecule has 0 aliphatic heterocycles. The Morgan fingerprint density at radius 2 is 0.618 bits per heavy atom. The molecule has 5 nitrogen and oxygen atoms in total. The lowest BCUT2D eigenvalue weighted by atomic mass is 10.0. The zero-order valence-corrected chi connectivity index (χ0v) is 45.1. The quantitative estimate of drug-likeness (QED) is 0.0345. The van der Waals surface area contributed by atoms with E-state index < -0.39 is 6.10 Å². The van der Waals surface area contributed by atoms with Gasteiger partial charge in [0, 0.05) is 19.4 Å². The van der Waals surface area contributed by atoms with Gasteiger partial charge in [0.05, 0.1) is 6.61 Å². The van der Waals surface area contributed by atoms with Crippen LogP contribution in [0, 0.1) is 0 Å². The fourth-order valence-corrected chi connectivity index (χ4v) is 8.03. The van der Waals surface area contributed by atoms with Crippen LogP contribution in [0.25, 0.3) is 0 Å². The van der Waals surface area contributed by atoms with Crippen LogP contribution >= 0.6 is 0 Å². The molecule has 0 heterocycles. The molecule has 0 spiro atoms. The first-order valence-corrected chi connectivity index (χ1v) is 29.1. The minimum atomic E-state index is -0.565. The van der Waals surface area contributed by atoms with Crippen molar-refractivity contribution in [2.45, 2.75) is 284 Å². The first-order chi connectivity index (χ1) is 33.6. The summed E-state index contributed by atoms with van der Waals surface area (Å²) in [6, 6.07) is 0. The molecule has 0 radical (unpaired) electrons. The van der Waals surface area contributed by atoms with Crippen molar-refractivity contribution in [2.24, 2.45) is 0 Å². The fourth-order valence-electron chi connectivity index (χ4n) is 8.03. The van der Waals surface area contributed by atoms with Crippen LogP contribution in [0.1, 0.15) is 278 Å². The highest BCUT2D eigenvalue weighted by atomic mass is 16.6. The van der Waals surface area contributed by atoms with Crippen LogP contribution in [0.2, 0.25) is 0 Å². The summed E-state index contributed by atoms with van der Waals surface area (Å²) in [7, 11) is 0. The first-order valence-electron chi connectivity index (χ1n) is 29.1. The van der Waals surface area contributed by atoms with Gasteiger partial charge in [0.15, 0.2) is 6.10 Å². The third-order valence-electron chi connectivity index (χ3n) is 12.4. The molecule has 0 bridgehead atoms. The molecule has 1 atom stereocenters. The summed E-state index contributed by atoms with van der Waals surface area (Å²) in [6.45, 7) is 7.74. The molecule has 0 amide bonds. The SMILES string of the molecule is CCCCC/C=C\C/C=C\C/C=C\C/C=C\CCCCCC(=O)O[C@H](COCCCCCCCCCCCCCCCCCC)COC(=O)CCCCCC/C=C\C/C=C\C/C=C\CCCCC. The van der Waals surface area contributed by atoms with Crippen molar-refractivity contribution in [3.8, 4) is 0 Å². The maximum Gasteiger partial charge on any atom is 0.306 e. The first kappa shape index (κ1) is 65.1. The lowest BCUT2D eigenvalue weighted by Gasteiger charge is -2.18. The van der Waals surface area contributed by atoms with E-state index in [-0.39, 0.29) is 25.2 Å². The second kappa shape index (κ2) is 58.4. The highest BCUT2D eigenvalue weighted by Gasteiger charge is 2.17. The number of allylic oxidation sites excluding steroid dienone is 14. The summed E-state index contributed by atoms with van der Waals surface area (Å²) in [5, 5.41) is 0. The van der Waals surface area contributed by atoms with Crippen molar-refractivity contribution in [3.05, 3.63) is 85.1 Å². The van der Waals surface area contributed by atoms with E-state index >= 15 is 0 Å². The topological polar surface area (TPSA) is 61.8 Å². The standard InChI is InChI=1S/C63H110O5/c1-4-7-10-13-16-19-22-25-28-31-32-34-36-39-42-45-48-51-54-57-63(65)68-61(59-66-58-55-52-49-46-43-40-37-30-27-24-21-18-15-12-9-6-3)60-67-62(64)56-53-50-47-44-41-38-35-33-29-26-23-20-17-14-11-8-5-2/h16-17,19-20,25-26,28-29,32,34-35,38-39,42,61H,4-15,18,21-24,27,30-31,33,36-37,40-41,43-60H2,1-3H3/b19-16-,20-17-,28-25-,29-26-,34-32-,38-35-,42-39-/t61-/m1/s1. The lowest BCUT2D eigenvalue weighted by Crippen LogP contribution is -2.30. The van der Waals surface area contributed by atoms with E-state index in [0.29, 0.717) is 19.4 Å². The van der Waals surface area contributed by atoms with Crippen LogP contribution < -0.4 is 0 Å². The predicted octanol–water partition coefficient (Wildman–Crippen LogP) is 20.0. The van der Waals surface area contributed by atoms with E-state index in [4.69, 9.17) is 14.2 Å². The van der Waals surface area contributed by atoms with Gasteiger partial charge < -0.3 is 14.2 Å². The van der Waals surface area contributed by atoms with Crippen LogP contribution in [0.3, 0.4) is 0 Å². The molecule has 0 aromatic heterocycles. The molecule has 0 unspecified atom stereocenters. The monoisotopic (exact) mass is 947 g/mol. The summed E-state index contributed by atoms with van der Waals surface area (Å²) < 4.78 is 17.4. The minimum Gasteiger partial charge on any atom is -0.462 e. The zero-order chi connectivity index (χ0) is 49.2. The van der Waals surface area contributed by atoms with Crippen LogP contribution in [0.4, 0.5) is 0 Å². The molecule has 0 aliphatic carbocycles. The molecule has 0 fully saturated rings. The van der Waals surface area contributed by atoms with E-state index in [0.717, 1.165) is 103 Å². The van der Waals surface area contributed by atoms with Crippen LogP contribution in [0.5, 0.6) is 0 Å². The lowest BCUT2D eigenvalue weighted by molar-refractivity contribution is -0.163. The molecule has 0 saturated carbocycles. The molecule has 0 N–H and O–H groups in total. The van der Waals surface area contributed by atoms with Crippen molar-refractivity contribution < 1.29 is 23.8 Å². The summed E-state index contributed by atoms with van der Waals surface area (Å²) in [4.78, 5) is 25.5. The maximum absolute atomic E-state index is 12.9. The smallest absolute Gasteiger partial charge is 0.306 e. The summed E-state index contributed by atoms with van der Waals surface area (Å²) in [6.07, 6.45) is 77.4. The van der Waals surface area contributed by atoms with E-state index in [2.05, 4.69) is 106 Å². The van der Waals surface area contributed by atoms with Crippen molar-refractivity contribution in [1.29, 1.82) is 0 Å². The average molecular weight is 948 g/mol. The van der Waals surface area contributed by atoms with Gasteiger partial charge in [-0.1, -0.05) is 247 Å². The largest absolute Gasteiger partial charge is 0.462 e. The number of unbranched alkanes of at least 4 members (excludes halogenated alkanes) is 28. The van der Waals surface area contributed by atoms with Gasteiger partial charge in [-0.15, -0.1) is 0 Å². The molecule has 5 heteroatoms. The number of carbonyl (C=O) groups is 2. The Morgan fingerprint density at radius 3 is 1.03 bits per heavy atom. The number of carbonyl (C=O) groups excluding carboxylic acids is 2. The van der Waals surface area contributed by atoms with E-state index in [1.54, 1.807) is 0 Å². The number of hydrogen-bond donors (Lipinski definition) is 0. The van der Waals surface area contributed by atoms with Crippen molar-refractivity contribution in [1.82, 2.24) is 0 Å². The molecule has 392 valence electrons. The Labute approximate surface area is 422 Å². The Hall–Kier alpha value is -2.92.